The predicted octanol–water partition coefficient (Wildman–Crippen LogP) is 2.53. The third kappa shape index (κ3) is 4.05. The Morgan fingerprint density at radius 2 is 1.88 bits per heavy atom. The second-order valence-electron chi connectivity index (χ2n) is 5.84. The molecule has 1 aromatic heterocycles. The summed E-state index contributed by atoms with van der Waals surface area (Å²) in [6.45, 7) is 3.17. The van der Waals surface area contributed by atoms with Crippen LogP contribution in [0.1, 0.15) is 41.6 Å². The number of aryl methyl sites for hydroxylation is 1. The van der Waals surface area contributed by atoms with Crippen LogP contribution in [-0.4, -0.2) is 41.9 Å². The third-order valence-electron chi connectivity index (χ3n) is 3.97. The van der Waals surface area contributed by atoms with Crippen molar-refractivity contribution in [3.05, 3.63) is 34.8 Å². The SMILES string of the molecule is CCCc1nnc(NC(=O)c2ccc(S(=O)(=O)N3CCCC3)cc2)s1. The first-order valence-corrected chi connectivity index (χ1v) is 10.5. The lowest BCUT2D eigenvalue weighted by Gasteiger charge is -2.15. The van der Waals surface area contributed by atoms with Crippen molar-refractivity contribution < 1.29 is 13.2 Å². The highest BCUT2D eigenvalue weighted by atomic mass is 32.2. The Morgan fingerprint density at radius 3 is 2.52 bits per heavy atom. The van der Waals surface area contributed by atoms with Crippen LogP contribution in [0.2, 0.25) is 0 Å². The number of hydrogen-bond acceptors (Lipinski definition) is 6. The smallest absolute Gasteiger partial charge is 0.257 e. The lowest BCUT2D eigenvalue weighted by Crippen LogP contribution is -2.27. The molecule has 1 aliphatic heterocycles. The summed E-state index contributed by atoms with van der Waals surface area (Å²) in [6, 6.07) is 5.99. The molecule has 134 valence electrons. The van der Waals surface area contributed by atoms with Gasteiger partial charge in [0.2, 0.25) is 15.2 Å². The normalized spacial score (nSPS) is 15.4. The third-order valence-corrected chi connectivity index (χ3v) is 6.78. The van der Waals surface area contributed by atoms with Crippen LogP contribution < -0.4 is 5.32 Å². The molecule has 0 unspecified atom stereocenters. The van der Waals surface area contributed by atoms with Gasteiger partial charge in [-0.05, 0) is 43.5 Å². The van der Waals surface area contributed by atoms with E-state index in [0.717, 1.165) is 30.7 Å². The minimum Gasteiger partial charge on any atom is -0.296 e. The molecule has 0 spiro atoms. The van der Waals surface area contributed by atoms with Gasteiger partial charge in [0.15, 0.2) is 0 Å². The molecule has 1 aromatic carbocycles. The number of carbonyl (C=O) groups is 1. The molecule has 0 radical (unpaired) electrons. The zero-order valence-corrected chi connectivity index (χ0v) is 15.6. The highest BCUT2D eigenvalue weighted by molar-refractivity contribution is 7.89. The Balaban J connectivity index is 1.69. The predicted molar refractivity (Wildman–Crippen MR) is 96.3 cm³/mol. The molecule has 2 heterocycles. The van der Waals surface area contributed by atoms with Crippen LogP contribution in [0.3, 0.4) is 0 Å². The van der Waals surface area contributed by atoms with E-state index in [2.05, 4.69) is 22.4 Å². The van der Waals surface area contributed by atoms with E-state index in [4.69, 9.17) is 0 Å². The van der Waals surface area contributed by atoms with Crippen molar-refractivity contribution in [2.45, 2.75) is 37.5 Å². The van der Waals surface area contributed by atoms with Crippen LogP contribution >= 0.6 is 11.3 Å². The Kier molecular flexibility index (Phi) is 5.45. The van der Waals surface area contributed by atoms with Crippen LogP contribution in [0, 0.1) is 0 Å². The zero-order valence-electron chi connectivity index (χ0n) is 13.9. The summed E-state index contributed by atoms with van der Waals surface area (Å²) in [7, 11) is -3.46. The number of nitrogens with one attached hydrogen (secondary N) is 1. The molecule has 0 saturated carbocycles. The number of benzene rings is 1. The molecule has 1 fully saturated rings. The van der Waals surface area contributed by atoms with E-state index in [1.54, 1.807) is 0 Å². The van der Waals surface area contributed by atoms with E-state index in [1.165, 1.54) is 39.9 Å². The van der Waals surface area contributed by atoms with Crippen LogP contribution in [0.15, 0.2) is 29.2 Å². The van der Waals surface area contributed by atoms with Crippen LogP contribution in [-0.2, 0) is 16.4 Å². The van der Waals surface area contributed by atoms with Gasteiger partial charge in [-0.1, -0.05) is 18.3 Å². The number of sulfonamides is 1. The number of anilines is 1. The first-order valence-electron chi connectivity index (χ1n) is 8.24. The summed E-state index contributed by atoms with van der Waals surface area (Å²) in [5, 5.41) is 12.0. The first kappa shape index (κ1) is 18.0. The molecule has 0 bridgehead atoms. The van der Waals surface area contributed by atoms with Crippen molar-refractivity contribution >= 4 is 32.4 Å². The Hall–Kier alpha value is -1.84. The van der Waals surface area contributed by atoms with Gasteiger partial charge in [0.05, 0.1) is 4.90 Å². The van der Waals surface area contributed by atoms with Gasteiger partial charge in [0, 0.05) is 25.1 Å². The van der Waals surface area contributed by atoms with Gasteiger partial charge in [-0.2, -0.15) is 4.31 Å². The Labute approximate surface area is 151 Å². The summed E-state index contributed by atoms with van der Waals surface area (Å²) in [6.07, 6.45) is 3.58. The molecule has 7 nitrogen and oxygen atoms in total. The molecule has 3 rings (SSSR count). The van der Waals surface area contributed by atoms with Gasteiger partial charge in [0.1, 0.15) is 5.01 Å². The average Bonchev–Trinajstić information content (AvgIpc) is 3.28. The van der Waals surface area contributed by atoms with Gasteiger partial charge < -0.3 is 0 Å². The topological polar surface area (TPSA) is 92.3 Å². The van der Waals surface area contributed by atoms with E-state index in [9.17, 15) is 13.2 Å². The summed E-state index contributed by atoms with van der Waals surface area (Å²) in [4.78, 5) is 12.5. The Morgan fingerprint density at radius 1 is 1.20 bits per heavy atom. The van der Waals surface area contributed by atoms with Crippen molar-refractivity contribution in [3.8, 4) is 0 Å². The van der Waals surface area contributed by atoms with Gasteiger partial charge in [-0.15, -0.1) is 10.2 Å². The molecule has 1 aliphatic rings. The molecular formula is C16H20N4O3S2. The van der Waals surface area contributed by atoms with Gasteiger partial charge in [-0.3, -0.25) is 10.1 Å². The van der Waals surface area contributed by atoms with Gasteiger partial charge >= 0.3 is 0 Å². The molecule has 9 heteroatoms. The molecule has 2 aromatic rings. The lowest BCUT2D eigenvalue weighted by atomic mass is 10.2. The average molecular weight is 380 g/mol. The zero-order chi connectivity index (χ0) is 17.9. The van der Waals surface area contributed by atoms with E-state index in [-0.39, 0.29) is 10.8 Å². The molecule has 0 aliphatic carbocycles. The van der Waals surface area contributed by atoms with Crippen LogP contribution in [0.4, 0.5) is 5.13 Å². The monoisotopic (exact) mass is 380 g/mol. The van der Waals surface area contributed by atoms with Crippen molar-refractivity contribution in [2.24, 2.45) is 0 Å². The molecule has 1 amide bonds. The van der Waals surface area contributed by atoms with Crippen LogP contribution in [0.25, 0.3) is 0 Å². The largest absolute Gasteiger partial charge is 0.296 e. The second kappa shape index (κ2) is 7.59. The highest BCUT2D eigenvalue weighted by Gasteiger charge is 2.27. The van der Waals surface area contributed by atoms with Crippen LogP contribution in [0.5, 0.6) is 0 Å². The quantitative estimate of drug-likeness (QED) is 0.831. The maximum atomic E-state index is 12.5. The van der Waals surface area contributed by atoms with E-state index in [0.29, 0.717) is 23.8 Å². The minimum absolute atomic E-state index is 0.215. The van der Waals surface area contributed by atoms with Crippen molar-refractivity contribution in [1.29, 1.82) is 0 Å². The number of rotatable bonds is 6. The molecule has 1 saturated heterocycles. The summed E-state index contributed by atoms with van der Waals surface area (Å²) in [5.41, 5.74) is 0.382. The maximum Gasteiger partial charge on any atom is 0.257 e. The van der Waals surface area contributed by atoms with Gasteiger partial charge in [0.25, 0.3) is 5.91 Å². The minimum atomic E-state index is -3.46. The van der Waals surface area contributed by atoms with Crippen molar-refractivity contribution in [2.75, 3.05) is 18.4 Å². The standard InChI is InChI=1S/C16H20N4O3S2/c1-2-5-14-18-19-16(24-14)17-15(21)12-6-8-13(9-7-12)25(22,23)20-10-3-4-11-20/h6-9H,2-5,10-11H2,1H3,(H,17,19,21). The summed E-state index contributed by atoms with van der Waals surface area (Å²) < 4.78 is 26.4. The number of amides is 1. The van der Waals surface area contributed by atoms with E-state index in [1.807, 2.05) is 0 Å². The summed E-state index contributed by atoms with van der Waals surface area (Å²) in [5.74, 6) is -0.329. The first-order chi connectivity index (χ1) is 12.0. The van der Waals surface area contributed by atoms with Gasteiger partial charge in [-0.25, -0.2) is 8.42 Å². The second-order valence-corrected chi connectivity index (χ2v) is 8.84. The number of hydrogen-bond donors (Lipinski definition) is 1. The summed E-state index contributed by atoms with van der Waals surface area (Å²) >= 11 is 1.35. The van der Waals surface area contributed by atoms with Crippen molar-refractivity contribution in [1.82, 2.24) is 14.5 Å². The molecule has 0 atom stereocenters. The molecule has 25 heavy (non-hydrogen) atoms. The number of aromatic nitrogens is 2. The highest BCUT2D eigenvalue weighted by Crippen LogP contribution is 2.22. The molecule has 1 N–H and O–H groups in total. The fourth-order valence-corrected chi connectivity index (χ4v) is 5.00. The fraction of sp³-hybridized carbons (Fsp3) is 0.438. The molecular weight excluding hydrogens is 360 g/mol. The number of nitrogens with zero attached hydrogens (tertiary/aromatic N) is 3. The van der Waals surface area contributed by atoms with Crippen molar-refractivity contribution in [3.63, 3.8) is 0 Å². The fourth-order valence-electron chi connectivity index (χ4n) is 2.64. The Bertz CT molecular complexity index is 841. The number of carbonyl (C=O) groups excluding carboxylic acids is 1. The van der Waals surface area contributed by atoms with E-state index >= 15 is 0 Å². The maximum absolute atomic E-state index is 12.5. The van der Waals surface area contributed by atoms with E-state index < -0.39 is 10.0 Å². The lowest BCUT2D eigenvalue weighted by molar-refractivity contribution is 0.102.